The number of nitrogens with one attached hydrogen (secondary N) is 1. The molecule has 0 spiro atoms. The van der Waals surface area contributed by atoms with Gasteiger partial charge in [-0.25, -0.2) is 13.6 Å². The summed E-state index contributed by atoms with van der Waals surface area (Å²) in [6.07, 6.45) is 0. The molecule has 0 radical (unpaired) electrons. The highest BCUT2D eigenvalue weighted by Gasteiger charge is 2.15. The van der Waals surface area contributed by atoms with Gasteiger partial charge in [-0.1, -0.05) is 18.2 Å². The fourth-order valence-electron chi connectivity index (χ4n) is 1.29. The topological polar surface area (TPSA) is 72.2 Å². The van der Waals surface area contributed by atoms with Gasteiger partial charge in [0.25, 0.3) is 0 Å². The highest BCUT2D eigenvalue weighted by atomic mass is 32.2. The van der Waals surface area contributed by atoms with Gasteiger partial charge in [0.05, 0.1) is 5.69 Å². The largest absolute Gasteiger partial charge is 0.354 e. The Labute approximate surface area is 97.8 Å². The lowest BCUT2D eigenvalue weighted by Gasteiger charge is -2.05. The van der Waals surface area contributed by atoms with Crippen molar-refractivity contribution in [2.75, 3.05) is 5.32 Å². The van der Waals surface area contributed by atoms with E-state index in [1.807, 2.05) is 30.3 Å². The molecule has 2 aromatic rings. The van der Waals surface area contributed by atoms with E-state index in [0.29, 0.717) is 5.69 Å². The van der Waals surface area contributed by atoms with Gasteiger partial charge in [0.15, 0.2) is 4.21 Å². The average Bonchev–Trinajstić information content (AvgIpc) is 2.67. The van der Waals surface area contributed by atoms with Gasteiger partial charge < -0.3 is 5.32 Å². The third kappa shape index (κ3) is 2.41. The summed E-state index contributed by atoms with van der Waals surface area (Å²) in [6, 6.07) is 11.0. The Hall–Kier alpha value is -1.37. The zero-order chi connectivity index (χ0) is 11.6. The number of primary sulfonamides is 1. The molecule has 0 bridgehead atoms. The molecule has 16 heavy (non-hydrogen) atoms. The van der Waals surface area contributed by atoms with E-state index in [0.717, 1.165) is 17.0 Å². The van der Waals surface area contributed by atoms with Crippen LogP contribution in [-0.2, 0) is 10.0 Å². The molecule has 0 atom stereocenters. The summed E-state index contributed by atoms with van der Waals surface area (Å²) in [4.78, 5) is 0. The number of nitrogens with two attached hydrogens (primary N) is 1. The van der Waals surface area contributed by atoms with E-state index in [1.54, 1.807) is 11.4 Å². The maximum absolute atomic E-state index is 11.3. The standard InChI is InChI=1S/C10H10N2O2S2/c11-16(13,14)10-9(6-7-15-10)12-8-4-2-1-3-5-8/h1-7,12H,(H2,11,13,14). The Morgan fingerprint density at radius 1 is 1.12 bits per heavy atom. The number of anilines is 2. The Bertz CT molecular complexity index is 576. The van der Waals surface area contributed by atoms with Crippen LogP contribution in [0.5, 0.6) is 0 Å². The minimum atomic E-state index is -3.65. The molecule has 0 saturated carbocycles. The van der Waals surface area contributed by atoms with Crippen molar-refractivity contribution < 1.29 is 8.42 Å². The van der Waals surface area contributed by atoms with Gasteiger partial charge >= 0.3 is 0 Å². The predicted octanol–water partition coefficient (Wildman–Crippen LogP) is 2.14. The van der Waals surface area contributed by atoms with Crippen LogP contribution in [0.2, 0.25) is 0 Å². The van der Waals surface area contributed by atoms with Crippen molar-refractivity contribution in [3.63, 3.8) is 0 Å². The zero-order valence-corrected chi connectivity index (χ0v) is 9.88. The van der Waals surface area contributed by atoms with Crippen LogP contribution in [0.3, 0.4) is 0 Å². The Morgan fingerprint density at radius 3 is 2.44 bits per heavy atom. The van der Waals surface area contributed by atoms with E-state index in [-0.39, 0.29) is 4.21 Å². The lowest BCUT2D eigenvalue weighted by molar-refractivity contribution is 0.600. The Morgan fingerprint density at radius 2 is 1.81 bits per heavy atom. The maximum atomic E-state index is 11.3. The molecule has 0 unspecified atom stereocenters. The van der Waals surface area contributed by atoms with Crippen LogP contribution in [0.15, 0.2) is 46.0 Å². The van der Waals surface area contributed by atoms with E-state index in [9.17, 15) is 8.42 Å². The van der Waals surface area contributed by atoms with E-state index in [1.165, 1.54) is 0 Å². The quantitative estimate of drug-likeness (QED) is 0.881. The Balaban J connectivity index is 2.34. The van der Waals surface area contributed by atoms with Gasteiger partial charge in [0.1, 0.15) is 0 Å². The lowest BCUT2D eigenvalue weighted by atomic mass is 10.3. The molecule has 0 aliphatic carbocycles. The fourth-order valence-corrected chi connectivity index (χ4v) is 2.99. The molecule has 1 heterocycles. The van der Waals surface area contributed by atoms with Gasteiger partial charge in [0.2, 0.25) is 10.0 Å². The Kier molecular flexibility index (Phi) is 2.95. The first-order valence-electron chi connectivity index (χ1n) is 4.50. The zero-order valence-electron chi connectivity index (χ0n) is 8.25. The molecular weight excluding hydrogens is 244 g/mol. The number of hydrogen-bond donors (Lipinski definition) is 2. The average molecular weight is 254 g/mol. The number of sulfonamides is 1. The molecule has 2 rings (SSSR count). The molecule has 3 N–H and O–H groups in total. The van der Waals surface area contributed by atoms with E-state index >= 15 is 0 Å². The second-order valence-corrected chi connectivity index (χ2v) is 5.83. The van der Waals surface area contributed by atoms with Crippen molar-refractivity contribution in [2.45, 2.75) is 4.21 Å². The summed E-state index contributed by atoms with van der Waals surface area (Å²) in [6.45, 7) is 0. The normalized spacial score (nSPS) is 11.3. The van der Waals surface area contributed by atoms with Crippen molar-refractivity contribution in [2.24, 2.45) is 5.14 Å². The van der Waals surface area contributed by atoms with Crippen LogP contribution in [0, 0.1) is 0 Å². The number of para-hydroxylation sites is 1. The number of thiophene rings is 1. The van der Waals surface area contributed by atoms with E-state index < -0.39 is 10.0 Å². The molecule has 0 saturated heterocycles. The molecule has 0 aliphatic rings. The molecule has 0 fully saturated rings. The van der Waals surface area contributed by atoms with Crippen molar-refractivity contribution in [3.8, 4) is 0 Å². The predicted molar refractivity (Wildman–Crippen MR) is 65.4 cm³/mol. The number of rotatable bonds is 3. The summed E-state index contributed by atoms with van der Waals surface area (Å²) in [5, 5.41) is 9.79. The molecule has 84 valence electrons. The highest BCUT2D eigenvalue weighted by molar-refractivity contribution is 7.91. The van der Waals surface area contributed by atoms with E-state index in [2.05, 4.69) is 5.32 Å². The van der Waals surface area contributed by atoms with Gasteiger partial charge in [-0.05, 0) is 23.6 Å². The second-order valence-electron chi connectivity index (χ2n) is 3.16. The van der Waals surface area contributed by atoms with Crippen LogP contribution in [0.25, 0.3) is 0 Å². The number of benzene rings is 1. The van der Waals surface area contributed by atoms with Crippen LogP contribution >= 0.6 is 11.3 Å². The first-order valence-corrected chi connectivity index (χ1v) is 6.92. The van der Waals surface area contributed by atoms with Crippen LogP contribution < -0.4 is 10.5 Å². The summed E-state index contributed by atoms with van der Waals surface area (Å²) in [7, 11) is -3.65. The third-order valence-electron chi connectivity index (χ3n) is 1.94. The van der Waals surface area contributed by atoms with Gasteiger partial charge in [-0.15, -0.1) is 11.3 Å². The summed E-state index contributed by atoms with van der Waals surface area (Å²) >= 11 is 1.10. The van der Waals surface area contributed by atoms with E-state index in [4.69, 9.17) is 5.14 Å². The molecule has 1 aromatic heterocycles. The van der Waals surface area contributed by atoms with Crippen molar-refractivity contribution in [3.05, 3.63) is 41.8 Å². The van der Waals surface area contributed by atoms with Gasteiger partial charge in [-0.3, -0.25) is 0 Å². The van der Waals surface area contributed by atoms with Gasteiger partial charge in [-0.2, -0.15) is 0 Å². The third-order valence-corrected chi connectivity index (χ3v) is 4.37. The minimum absolute atomic E-state index is 0.149. The SMILES string of the molecule is NS(=O)(=O)c1sccc1Nc1ccccc1. The highest BCUT2D eigenvalue weighted by Crippen LogP contribution is 2.28. The molecule has 1 aromatic carbocycles. The number of hydrogen-bond acceptors (Lipinski definition) is 4. The molecular formula is C10H10N2O2S2. The molecule has 0 aliphatic heterocycles. The molecule has 4 nitrogen and oxygen atoms in total. The second kappa shape index (κ2) is 4.25. The summed E-state index contributed by atoms with van der Waals surface area (Å²) < 4.78 is 22.7. The first kappa shape index (κ1) is 11.1. The fraction of sp³-hybridized carbons (Fsp3) is 0. The summed E-state index contributed by atoms with van der Waals surface area (Å²) in [5.74, 6) is 0. The minimum Gasteiger partial charge on any atom is -0.354 e. The lowest BCUT2D eigenvalue weighted by Crippen LogP contribution is -2.11. The monoisotopic (exact) mass is 254 g/mol. The van der Waals surface area contributed by atoms with Crippen molar-refractivity contribution in [1.82, 2.24) is 0 Å². The smallest absolute Gasteiger partial charge is 0.249 e. The van der Waals surface area contributed by atoms with Crippen molar-refractivity contribution >= 4 is 32.7 Å². The van der Waals surface area contributed by atoms with Gasteiger partial charge in [0, 0.05) is 5.69 Å². The van der Waals surface area contributed by atoms with Crippen LogP contribution in [-0.4, -0.2) is 8.42 Å². The molecule has 6 heteroatoms. The first-order chi connectivity index (χ1) is 7.57. The summed E-state index contributed by atoms with van der Waals surface area (Å²) in [5.41, 5.74) is 1.34. The maximum Gasteiger partial charge on any atom is 0.249 e. The van der Waals surface area contributed by atoms with Crippen LogP contribution in [0.4, 0.5) is 11.4 Å². The van der Waals surface area contributed by atoms with Crippen molar-refractivity contribution in [1.29, 1.82) is 0 Å². The molecule has 0 amide bonds. The van der Waals surface area contributed by atoms with Crippen LogP contribution in [0.1, 0.15) is 0 Å².